The number of hydrogen-bond acceptors (Lipinski definition) is 4. The second kappa shape index (κ2) is 9.08. The fourth-order valence-corrected chi connectivity index (χ4v) is 5.27. The van der Waals surface area contributed by atoms with Crippen molar-refractivity contribution in [3.8, 4) is 5.75 Å². The van der Waals surface area contributed by atoms with Gasteiger partial charge in [-0.25, -0.2) is 8.42 Å². The van der Waals surface area contributed by atoms with Crippen LogP contribution in [0, 0.1) is 0 Å². The van der Waals surface area contributed by atoms with Crippen molar-refractivity contribution in [1.29, 1.82) is 0 Å². The van der Waals surface area contributed by atoms with Crippen LogP contribution in [0.4, 0.5) is 5.69 Å². The minimum absolute atomic E-state index is 0.218. The first-order chi connectivity index (χ1) is 14.2. The molecular weight excluding hydrogens is 400 g/mol. The number of anilines is 1. The lowest BCUT2D eigenvalue weighted by Gasteiger charge is -2.31. The summed E-state index contributed by atoms with van der Waals surface area (Å²) in [7, 11) is -2.17. The molecule has 2 unspecified atom stereocenters. The first-order valence-corrected chi connectivity index (χ1v) is 12.1. The summed E-state index contributed by atoms with van der Waals surface area (Å²) in [5, 5.41) is 3.01. The van der Waals surface area contributed by atoms with Crippen LogP contribution in [0.25, 0.3) is 0 Å². The number of hydrogen-bond donors (Lipinski definition) is 1. The lowest BCUT2D eigenvalue weighted by Crippen LogP contribution is -2.49. The zero-order chi connectivity index (χ0) is 21.9. The number of benzene rings is 2. The van der Waals surface area contributed by atoms with Crippen molar-refractivity contribution in [3.05, 3.63) is 59.2 Å². The monoisotopic (exact) mass is 430 g/mol. The first-order valence-electron chi connectivity index (χ1n) is 10.3. The van der Waals surface area contributed by atoms with Crippen molar-refractivity contribution < 1.29 is 17.9 Å². The highest BCUT2D eigenvalue weighted by atomic mass is 32.2. The summed E-state index contributed by atoms with van der Waals surface area (Å²) in [4.78, 5) is 13.2. The molecule has 0 radical (unpaired) electrons. The van der Waals surface area contributed by atoms with Gasteiger partial charge in [-0.2, -0.15) is 0 Å². The molecule has 0 aromatic heterocycles. The van der Waals surface area contributed by atoms with Gasteiger partial charge in [-0.3, -0.25) is 9.10 Å². The van der Waals surface area contributed by atoms with Crippen LogP contribution in [0.15, 0.2) is 42.5 Å². The van der Waals surface area contributed by atoms with Crippen LogP contribution in [0.3, 0.4) is 0 Å². The molecular formula is C23H30N2O4S. The summed E-state index contributed by atoms with van der Waals surface area (Å²) in [5.74, 6) is 0.210. The van der Waals surface area contributed by atoms with Gasteiger partial charge in [0, 0.05) is 6.07 Å². The Morgan fingerprint density at radius 3 is 2.57 bits per heavy atom. The van der Waals surface area contributed by atoms with Crippen LogP contribution in [-0.2, 0) is 27.7 Å². The van der Waals surface area contributed by atoms with Gasteiger partial charge in [0.05, 0.1) is 25.1 Å². The number of ether oxygens (including phenoxy) is 1. The largest absolute Gasteiger partial charge is 0.497 e. The minimum atomic E-state index is -3.69. The Morgan fingerprint density at radius 1 is 1.17 bits per heavy atom. The van der Waals surface area contributed by atoms with Crippen LogP contribution in [0.2, 0.25) is 0 Å². The smallest absolute Gasteiger partial charge is 0.244 e. The van der Waals surface area contributed by atoms with E-state index in [1.54, 1.807) is 24.3 Å². The van der Waals surface area contributed by atoms with E-state index < -0.39 is 16.1 Å². The third-order valence-electron chi connectivity index (χ3n) is 5.62. The number of carbonyl (C=O) groups excluding carboxylic acids is 1. The molecule has 0 saturated carbocycles. The second-order valence-corrected chi connectivity index (χ2v) is 9.66. The van der Waals surface area contributed by atoms with Crippen molar-refractivity contribution in [2.45, 2.75) is 51.6 Å². The van der Waals surface area contributed by atoms with Gasteiger partial charge in [-0.1, -0.05) is 31.2 Å². The molecule has 1 N–H and O–H groups in total. The van der Waals surface area contributed by atoms with Gasteiger partial charge in [0.15, 0.2) is 0 Å². The van der Waals surface area contributed by atoms with Gasteiger partial charge in [0.1, 0.15) is 11.8 Å². The predicted molar refractivity (Wildman–Crippen MR) is 119 cm³/mol. The molecule has 162 valence electrons. The van der Waals surface area contributed by atoms with E-state index in [0.717, 1.165) is 24.7 Å². The molecule has 6 nitrogen and oxygen atoms in total. The van der Waals surface area contributed by atoms with Gasteiger partial charge in [0.2, 0.25) is 15.9 Å². The molecule has 7 heteroatoms. The summed E-state index contributed by atoms with van der Waals surface area (Å²) in [5.41, 5.74) is 4.16. The predicted octanol–water partition coefficient (Wildman–Crippen LogP) is 3.61. The zero-order valence-corrected chi connectivity index (χ0v) is 18.8. The van der Waals surface area contributed by atoms with Gasteiger partial charge in [-0.15, -0.1) is 0 Å². The fourth-order valence-electron chi connectivity index (χ4n) is 4.06. The average molecular weight is 431 g/mol. The van der Waals surface area contributed by atoms with E-state index in [-0.39, 0.29) is 11.9 Å². The molecule has 1 aliphatic carbocycles. The Hall–Kier alpha value is -2.54. The molecule has 2 atom stereocenters. The van der Waals surface area contributed by atoms with Gasteiger partial charge >= 0.3 is 0 Å². The fraction of sp³-hybridized carbons (Fsp3) is 0.435. The van der Waals surface area contributed by atoms with Crippen molar-refractivity contribution in [1.82, 2.24) is 5.32 Å². The van der Waals surface area contributed by atoms with Crippen LogP contribution in [0.1, 0.15) is 49.4 Å². The molecule has 0 spiro atoms. The van der Waals surface area contributed by atoms with E-state index in [2.05, 4.69) is 17.4 Å². The number of amides is 1. The quantitative estimate of drug-likeness (QED) is 0.694. The maximum Gasteiger partial charge on any atom is 0.244 e. The highest BCUT2D eigenvalue weighted by Gasteiger charge is 2.32. The summed E-state index contributed by atoms with van der Waals surface area (Å²) < 4.78 is 31.7. The average Bonchev–Trinajstić information content (AvgIpc) is 3.18. The van der Waals surface area contributed by atoms with Crippen molar-refractivity contribution >= 4 is 21.6 Å². The van der Waals surface area contributed by atoms with E-state index in [1.807, 2.05) is 19.9 Å². The highest BCUT2D eigenvalue weighted by molar-refractivity contribution is 7.92. The van der Waals surface area contributed by atoms with Crippen molar-refractivity contribution in [3.63, 3.8) is 0 Å². The number of methoxy groups -OCH3 is 1. The molecule has 0 saturated heterocycles. The van der Waals surface area contributed by atoms with E-state index in [0.29, 0.717) is 17.9 Å². The topological polar surface area (TPSA) is 75.7 Å². The Kier molecular flexibility index (Phi) is 6.71. The molecule has 1 amide bonds. The molecule has 0 aliphatic heterocycles. The molecule has 3 rings (SSSR count). The van der Waals surface area contributed by atoms with Crippen LogP contribution >= 0.6 is 0 Å². The highest BCUT2D eigenvalue weighted by Crippen LogP contribution is 2.28. The number of aryl methyl sites for hydroxylation is 2. The third kappa shape index (κ3) is 4.78. The molecule has 2 aromatic carbocycles. The van der Waals surface area contributed by atoms with E-state index in [1.165, 1.54) is 29.0 Å². The standard InChI is InChI=1S/C23H30N2O4S/c1-5-22(25(30(4,27)28)20-10-7-11-21(15-20)29-3)23(26)24-16(2)18-13-12-17-8-6-9-19(17)14-18/h7,10-16,22H,5-6,8-9H2,1-4H3,(H,24,26). The summed E-state index contributed by atoms with van der Waals surface area (Å²) in [6, 6.07) is 12.0. The van der Waals surface area contributed by atoms with Gasteiger partial charge in [0.25, 0.3) is 0 Å². The van der Waals surface area contributed by atoms with Crippen molar-refractivity contribution in [2.24, 2.45) is 0 Å². The molecule has 0 fully saturated rings. The lowest BCUT2D eigenvalue weighted by molar-refractivity contribution is -0.122. The molecule has 2 aromatic rings. The maximum atomic E-state index is 13.2. The molecule has 0 bridgehead atoms. The number of carbonyl (C=O) groups is 1. The number of rotatable bonds is 8. The Morgan fingerprint density at radius 2 is 1.90 bits per heavy atom. The van der Waals surface area contributed by atoms with E-state index in [9.17, 15) is 13.2 Å². The zero-order valence-electron chi connectivity index (χ0n) is 18.0. The first kappa shape index (κ1) is 22.2. The van der Waals surface area contributed by atoms with Crippen LogP contribution < -0.4 is 14.4 Å². The number of nitrogens with zero attached hydrogens (tertiary/aromatic N) is 1. The summed E-state index contributed by atoms with van der Waals surface area (Å²) in [6.45, 7) is 3.74. The summed E-state index contributed by atoms with van der Waals surface area (Å²) in [6.07, 6.45) is 4.80. The van der Waals surface area contributed by atoms with Crippen LogP contribution in [-0.4, -0.2) is 33.7 Å². The normalized spacial score (nSPS) is 15.2. The number of sulfonamides is 1. The molecule has 30 heavy (non-hydrogen) atoms. The molecule has 0 heterocycles. The molecule has 1 aliphatic rings. The Balaban J connectivity index is 1.85. The van der Waals surface area contributed by atoms with Crippen molar-refractivity contribution in [2.75, 3.05) is 17.7 Å². The maximum absolute atomic E-state index is 13.2. The van der Waals surface area contributed by atoms with Gasteiger partial charge in [-0.05, 0) is 61.4 Å². The van der Waals surface area contributed by atoms with E-state index >= 15 is 0 Å². The van der Waals surface area contributed by atoms with Crippen LogP contribution in [0.5, 0.6) is 5.75 Å². The SMILES string of the molecule is CCC(C(=O)NC(C)c1ccc2c(c1)CCC2)N(c1cccc(OC)c1)S(C)(=O)=O. The van der Waals surface area contributed by atoms with E-state index in [4.69, 9.17) is 4.74 Å². The lowest BCUT2D eigenvalue weighted by atomic mass is 10.0. The second-order valence-electron chi connectivity index (χ2n) is 7.80. The third-order valence-corrected chi connectivity index (χ3v) is 6.80. The summed E-state index contributed by atoms with van der Waals surface area (Å²) >= 11 is 0. The van der Waals surface area contributed by atoms with Gasteiger partial charge < -0.3 is 10.1 Å². The Labute approximate surface area is 179 Å². The number of nitrogens with one attached hydrogen (secondary N) is 1. The number of fused-ring (bicyclic) bond motifs is 1. The Bertz CT molecular complexity index is 1020. The minimum Gasteiger partial charge on any atom is -0.497 e.